The maximum absolute atomic E-state index is 13.8. The standard InChI is InChI=1S/C37H53NO2/c1-4-6-8-9-10-11-14-18-31-21-24-35(33(28-31)29-38)40-36(39)37(25-15-12-16-26-37)34-22-19-32(20-23-34)27-30(3)17-13-7-5-2/h19-24,28,30H,4-18,25-27H2,1-3H3. The highest BCUT2D eigenvalue weighted by molar-refractivity contribution is 5.85. The summed E-state index contributed by atoms with van der Waals surface area (Å²) < 4.78 is 6.06. The topological polar surface area (TPSA) is 50.1 Å². The van der Waals surface area contributed by atoms with Crippen LogP contribution in [-0.4, -0.2) is 5.97 Å². The van der Waals surface area contributed by atoms with Gasteiger partial charge in [-0.1, -0.05) is 135 Å². The number of carbonyl (C=O) groups is 1. The van der Waals surface area contributed by atoms with Crippen LogP contribution >= 0.6 is 0 Å². The Bertz CT molecular complexity index is 1060. The normalized spacial score (nSPS) is 15.3. The maximum atomic E-state index is 13.8. The van der Waals surface area contributed by atoms with Crippen molar-refractivity contribution in [1.29, 1.82) is 5.26 Å². The predicted molar refractivity (Wildman–Crippen MR) is 167 cm³/mol. The van der Waals surface area contributed by atoms with Gasteiger partial charge in [0.15, 0.2) is 0 Å². The van der Waals surface area contributed by atoms with Gasteiger partial charge in [-0.15, -0.1) is 0 Å². The Morgan fingerprint density at radius 3 is 2.15 bits per heavy atom. The Balaban J connectivity index is 1.65. The number of nitriles is 1. The Kier molecular flexibility index (Phi) is 13.8. The first-order valence-electron chi connectivity index (χ1n) is 16.4. The Hall–Kier alpha value is -2.60. The van der Waals surface area contributed by atoms with Gasteiger partial charge in [0, 0.05) is 0 Å². The molecule has 0 amide bonds. The molecular weight excluding hydrogens is 490 g/mol. The summed E-state index contributed by atoms with van der Waals surface area (Å²) in [5, 5.41) is 9.87. The van der Waals surface area contributed by atoms with Crippen LogP contribution in [0.1, 0.15) is 146 Å². The molecule has 1 atom stereocenters. The summed E-state index contributed by atoms with van der Waals surface area (Å²) in [6.45, 7) is 6.84. The van der Waals surface area contributed by atoms with E-state index >= 15 is 0 Å². The highest BCUT2D eigenvalue weighted by Gasteiger charge is 2.43. The number of hydrogen-bond donors (Lipinski definition) is 0. The first-order chi connectivity index (χ1) is 19.5. The third kappa shape index (κ3) is 9.50. The number of esters is 1. The molecule has 3 rings (SSSR count). The number of benzene rings is 2. The maximum Gasteiger partial charge on any atom is 0.321 e. The fourth-order valence-electron chi connectivity index (χ4n) is 6.37. The minimum absolute atomic E-state index is 0.204. The quantitative estimate of drug-likeness (QED) is 0.113. The first-order valence-corrected chi connectivity index (χ1v) is 16.4. The van der Waals surface area contributed by atoms with Crippen LogP contribution < -0.4 is 4.74 Å². The van der Waals surface area contributed by atoms with Crippen LogP contribution in [0.5, 0.6) is 5.75 Å². The lowest BCUT2D eigenvalue weighted by molar-refractivity contribution is -0.142. The van der Waals surface area contributed by atoms with Gasteiger partial charge in [0.1, 0.15) is 11.8 Å². The van der Waals surface area contributed by atoms with Crippen molar-refractivity contribution in [3.8, 4) is 11.8 Å². The van der Waals surface area contributed by atoms with Crippen LogP contribution in [0, 0.1) is 17.2 Å². The average molecular weight is 544 g/mol. The lowest BCUT2D eigenvalue weighted by Gasteiger charge is -2.35. The second-order valence-electron chi connectivity index (χ2n) is 12.3. The van der Waals surface area contributed by atoms with Gasteiger partial charge in [-0.2, -0.15) is 5.26 Å². The summed E-state index contributed by atoms with van der Waals surface area (Å²) in [6.07, 6.45) is 20.9. The van der Waals surface area contributed by atoms with Gasteiger partial charge in [0.25, 0.3) is 0 Å². The van der Waals surface area contributed by atoms with E-state index in [1.165, 1.54) is 69.8 Å². The molecule has 1 aliphatic carbocycles. The smallest absolute Gasteiger partial charge is 0.321 e. The van der Waals surface area contributed by atoms with Gasteiger partial charge in [-0.25, -0.2) is 0 Å². The Morgan fingerprint density at radius 2 is 1.48 bits per heavy atom. The van der Waals surface area contributed by atoms with E-state index in [1.54, 1.807) is 0 Å². The molecule has 0 N–H and O–H groups in total. The van der Waals surface area contributed by atoms with Gasteiger partial charge in [-0.05, 0) is 66.8 Å². The number of ether oxygens (including phenoxy) is 1. The van der Waals surface area contributed by atoms with Crippen LogP contribution in [-0.2, 0) is 23.1 Å². The molecule has 0 bridgehead atoms. The predicted octanol–water partition coefficient (Wildman–Crippen LogP) is 10.4. The van der Waals surface area contributed by atoms with Crippen molar-refractivity contribution in [2.45, 2.75) is 142 Å². The molecule has 0 spiro atoms. The molecule has 1 saturated carbocycles. The lowest BCUT2D eigenvalue weighted by Crippen LogP contribution is -2.41. The third-order valence-electron chi connectivity index (χ3n) is 8.93. The number of carbonyl (C=O) groups excluding carboxylic acids is 1. The van der Waals surface area contributed by atoms with Gasteiger partial charge in [0.2, 0.25) is 0 Å². The van der Waals surface area contributed by atoms with Crippen LogP contribution in [0.4, 0.5) is 0 Å². The number of hydrogen-bond acceptors (Lipinski definition) is 3. The fraction of sp³-hybridized carbons (Fsp3) is 0.622. The van der Waals surface area contributed by atoms with Crippen molar-refractivity contribution < 1.29 is 9.53 Å². The molecule has 2 aromatic carbocycles. The van der Waals surface area contributed by atoms with E-state index < -0.39 is 5.41 Å². The summed E-state index contributed by atoms with van der Waals surface area (Å²) in [4.78, 5) is 13.8. The molecule has 0 radical (unpaired) electrons. The zero-order chi connectivity index (χ0) is 28.6. The zero-order valence-corrected chi connectivity index (χ0v) is 25.6. The van der Waals surface area contributed by atoms with Crippen molar-refractivity contribution in [2.24, 2.45) is 5.92 Å². The largest absolute Gasteiger partial charge is 0.424 e. The molecule has 3 nitrogen and oxygen atoms in total. The molecule has 1 unspecified atom stereocenters. The summed E-state index contributed by atoms with van der Waals surface area (Å²) in [7, 11) is 0. The van der Waals surface area contributed by atoms with Crippen molar-refractivity contribution in [3.05, 3.63) is 64.7 Å². The van der Waals surface area contributed by atoms with Gasteiger partial charge in [0.05, 0.1) is 11.0 Å². The van der Waals surface area contributed by atoms with E-state index in [2.05, 4.69) is 51.1 Å². The Morgan fingerprint density at radius 1 is 0.850 bits per heavy atom. The van der Waals surface area contributed by atoms with E-state index in [9.17, 15) is 10.1 Å². The third-order valence-corrected chi connectivity index (χ3v) is 8.93. The molecule has 3 heteroatoms. The second-order valence-corrected chi connectivity index (χ2v) is 12.3. The minimum atomic E-state index is -0.632. The Labute approximate surface area is 244 Å². The van der Waals surface area contributed by atoms with Gasteiger partial charge in [-0.3, -0.25) is 4.79 Å². The molecule has 0 heterocycles. The molecule has 218 valence electrons. The van der Waals surface area contributed by atoms with Crippen LogP contribution in [0.15, 0.2) is 42.5 Å². The average Bonchev–Trinajstić information content (AvgIpc) is 2.98. The van der Waals surface area contributed by atoms with E-state index in [4.69, 9.17) is 4.74 Å². The van der Waals surface area contributed by atoms with Crippen LogP contribution in [0.25, 0.3) is 0 Å². The lowest BCUT2D eigenvalue weighted by atomic mass is 9.69. The highest BCUT2D eigenvalue weighted by Crippen LogP contribution is 2.41. The molecular formula is C37H53NO2. The van der Waals surface area contributed by atoms with E-state index in [0.717, 1.165) is 62.5 Å². The molecule has 40 heavy (non-hydrogen) atoms. The fourth-order valence-corrected chi connectivity index (χ4v) is 6.37. The minimum Gasteiger partial charge on any atom is -0.424 e. The number of aryl methyl sites for hydroxylation is 1. The van der Waals surface area contributed by atoms with Crippen LogP contribution in [0.2, 0.25) is 0 Å². The summed E-state index contributed by atoms with van der Waals surface area (Å²) >= 11 is 0. The zero-order valence-electron chi connectivity index (χ0n) is 25.6. The van der Waals surface area contributed by atoms with Crippen LogP contribution in [0.3, 0.4) is 0 Å². The molecule has 0 saturated heterocycles. The molecule has 1 aliphatic rings. The van der Waals surface area contributed by atoms with Crippen molar-refractivity contribution in [2.75, 3.05) is 0 Å². The van der Waals surface area contributed by atoms with Crippen molar-refractivity contribution in [3.63, 3.8) is 0 Å². The van der Waals surface area contributed by atoms with Gasteiger partial charge < -0.3 is 4.74 Å². The van der Waals surface area contributed by atoms with Crippen molar-refractivity contribution in [1.82, 2.24) is 0 Å². The number of rotatable bonds is 17. The summed E-state index contributed by atoms with van der Waals surface area (Å²) in [5.41, 5.74) is 3.39. The molecule has 0 aliphatic heterocycles. The summed E-state index contributed by atoms with van der Waals surface area (Å²) in [6, 6.07) is 16.8. The number of unbranched alkanes of at least 4 members (excludes halogenated alkanes) is 8. The molecule has 1 fully saturated rings. The monoisotopic (exact) mass is 543 g/mol. The SMILES string of the molecule is CCCCCCCCCc1ccc(OC(=O)C2(c3ccc(CC(C)CCCCC)cc3)CCCCC2)c(C#N)c1. The second kappa shape index (κ2) is 17.3. The highest BCUT2D eigenvalue weighted by atomic mass is 16.5. The molecule has 2 aromatic rings. The van der Waals surface area contributed by atoms with Crippen molar-refractivity contribution >= 4 is 5.97 Å². The van der Waals surface area contributed by atoms with E-state index in [0.29, 0.717) is 17.2 Å². The number of nitrogens with zero attached hydrogens (tertiary/aromatic N) is 1. The van der Waals surface area contributed by atoms with E-state index in [-0.39, 0.29) is 5.97 Å². The molecule has 0 aromatic heterocycles. The van der Waals surface area contributed by atoms with E-state index in [1.807, 2.05) is 18.2 Å². The summed E-state index contributed by atoms with van der Waals surface area (Å²) in [5.74, 6) is 0.867. The van der Waals surface area contributed by atoms with Gasteiger partial charge >= 0.3 is 5.97 Å². The first kappa shape index (κ1) is 31.9.